The fraction of sp³-hybridized carbons (Fsp3) is 0.500. The molecule has 0 spiro atoms. The molecular weight excluding hydrogens is 552 g/mol. The average molecular weight is 603 g/mol. The van der Waals surface area contributed by atoms with Crippen molar-refractivity contribution >= 4 is 23.1 Å². The molecule has 1 aromatic rings. The van der Waals surface area contributed by atoms with Gasteiger partial charge in [0, 0.05) is 5.56 Å². The summed E-state index contributed by atoms with van der Waals surface area (Å²) in [6, 6.07) is 3.65. The number of hydrogen-bond donors (Lipinski definition) is 3. The van der Waals surface area contributed by atoms with Crippen molar-refractivity contribution in [3.8, 4) is 11.5 Å². The molecule has 2 unspecified atom stereocenters. The van der Waals surface area contributed by atoms with Crippen LogP contribution in [0.4, 0.5) is 0 Å². The van der Waals surface area contributed by atoms with Crippen LogP contribution in [0.3, 0.4) is 0 Å². The summed E-state index contributed by atoms with van der Waals surface area (Å²) in [6.45, 7) is 21.9. The maximum absolute atomic E-state index is 15.2. The first-order chi connectivity index (χ1) is 20.3. The number of benzene rings is 1. The Bertz CT molecular complexity index is 1490. The van der Waals surface area contributed by atoms with Gasteiger partial charge < -0.3 is 15.3 Å². The molecular formula is C38H50O6. The summed E-state index contributed by atoms with van der Waals surface area (Å²) >= 11 is 0. The molecule has 0 aromatic heterocycles. The van der Waals surface area contributed by atoms with Crippen molar-refractivity contribution < 1.29 is 29.7 Å². The molecule has 2 aliphatic rings. The molecule has 6 nitrogen and oxygen atoms in total. The van der Waals surface area contributed by atoms with Gasteiger partial charge in [-0.1, -0.05) is 60.9 Å². The number of aliphatic hydroxyl groups excluding tert-OH is 1. The van der Waals surface area contributed by atoms with Gasteiger partial charge in [-0.05, 0) is 116 Å². The van der Waals surface area contributed by atoms with Crippen LogP contribution in [0.5, 0.6) is 11.5 Å². The highest BCUT2D eigenvalue weighted by Crippen LogP contribution is 2.66. The Morgan fingerprint density at radius 2 is 1.50 bits per heavy atom. The van der Waals surface area contributed by atoms with Crippen molar-refractivity contribution in [2.45, 2.75) is 94.4 Å². The van der Waals surface area contributed by atoms with Crippen LogP contribution >= 0.6 is 0 Å². The van der Waals surface area contributed by atoms with Crippen LogP contribution in [0, 0.1) is 28.1 Å². The maximum Gasteiger partial charge on any atom is 0.184 e. The molecule has 2 saturated carbocycles. The molecule has 2 bridgehead atoms. The standard InChI is InChI=1S/C38H50O6/c1-22(2)11-13-27(25(7)8)20-37-21-28(15-12-23(3)4)36(9,10)38(35(37)44,18-17-24(5)6)34(43)31(33(37)42)32(41)26-14-16-29(39)30(40)19-26/h11-12,14,16-17,19,27-28,39-41H,7,13,15,18,20-21H2,1-6,8-10H3/t27-,28+,37?,38?/m0/s1. The Morgan fingerprint density at radius 1 is 0.909 bits per heavy atom. The van der Waals surface area contributed by atoms with Gasteiger partial charge in [-0.15, -0.1) is 0 Å². The molecule has 2 aliphatic carbocycles. The van der Waals surface area contributed by atoms with Gasteiger partial charge in [-0.2, -0.15) is 0 Å². The number of carbonyl (C=O) groups is 3. The number of allylic oxidation sites excluding steroid dienone is 8. The fourth-order valence-corrected chi connectivity index (χ4v) is 7.08. The molecule has 0 radical (unpaired) electrons. The minimum Gasteiger partial charge on any atom is -0.506 e. The number of fused-ring (bicyclic) bond motifs is 2. The summed E-state index contributed by atoms with van der Waals surface area (Å²) in [5.41, 5.74) is -0.453. The second kappa shape index (κ2) is 12.7. The summed E-state index contributed by atoms with van der Waals surface area (Å²) in [5.74, 6) is -3.61. The van der Waals surface area contributed by atoms with Crippen molar-refractivity contribution in [3.05, 3.63) is 76.4 Å². The number of carbonyl (C=O) groups excluding carboxylic acids is 3. The number of rotatable bonds is 10. The first kappa shape index (κ1) is 34.8. The van der Waals surface area contributed by atoms with E-state index in [0.29, 0.717) is 12.8 Å². The number of phenolic OH excluding ortho intramolecular Hbond substituents is 2. The maximum atomic E-state index is 15.2. The molecule has 3 N–H and O–H groups in total. The topological polar surface area (TPSA) is 112 Å². The highest BCUT2D eigenvalue weighted by molar-refractivity contribution is 6.41. The van der Waals surface area contributed by atoms with Gasteiger partial charge in [-0.3, -0.25) is 14.4 Å². The predicted molar refractivity (Wildman–Crippen MR) is 176 cm³/mol. The van der Waals surface area contributed by atoms with Crippen molar-refractivity contribution in [1.29, 1.82) is 0 Å². The molecule has 0 saturated heterocycles. The first-order valence-electron chi connectivity index (χ1n) is 15.5. The lowest BCUT2D eigenvalue weighted by Crippen LogP contribution is -2.69. The second-order valence-corrected chi connectivity index (χ2v) is 14.3. The van der Waals surface area contributed by atoms with Crippen LogP contribution in [-0.2, 0) is 14.4 Å². The van der Waals surface area contributed by atoms with E-state index in [1.54, 1.807) is 0 Å². The lowest BCUT2D eigenvalue weighted by Gasteiger charge is -2.60. The van der Waals surface area contributed by atoms with Gasteiger partial charge >= 0.3 is 0 Å². The lowest BCUT2D eigenvalue weighted by atomic mass is 9.38. The van der Waals surface area contributed by atoms with Gasteiger partial charge in [0.1, 0.15) is 16.7 Å². The normalized spacial score (nSPS) is 26.0. The summed E-state index contributed by atoms with van der Waals surface area (Å²) in [4.78, 5) is 44.9. The molecule has 2 fully saturated rings. The monoisotopic (exact) mass is 602 g/mol. The van der Waals surface area contributed by atoms with Crippen LogP contribution in [0.1, 0.15) is 100.0 Å². The van der Waals surface area contributed by atoms with Gasteiger partial charge in [-0.25, -0.2) is 0 Å². The Labute approximate surface area is 263 Å². The molecule has 44 heavy (non-hydrogen) atoms. The van der Waals surface area contributed by atoms with E-state index >= 15 is 4.79 Å². The zero-order chi connectivity index (χ0) is 33.4. The number of Topliss-reactive ketones (excluding diaryl/α,β-unsaturated/α-hetero) is 3. The van der Waals surface area contributed by atoms with Gasteiger partial charge in [0.25, 0.3) is 0 Å². The van der Waals surface area contributed by atoms with Crippen molar-refractivity contribution in [3.63, 3.8) is 0 Å². The van der Waals surface area contributed by atoms with E-state index in [-0.39, 0.29) is 42.4 Å². The Morgan fingerprint density at radius 3 is 2.02 bits per heavy atom. The van der Waals surface area contributed by atoms with Crippen molar-refractivity contribution in [2.75, 3.05) is 0 Å². The van der Waals surface area contributed by atoms with Crippen LogP contribution in [0.25, 0.3) is 5.76 Å². The van der Waals surface area contributed by atoms with Crippen LogP contribution in [0.2, 0.25) is 0 Å². The zero-order valence-corrected chi connectivity index (χ0v) is 27.9. The van der Waals surface area contributed by atoms with Crippen molar-refractivity contribution in [2.24, 2.45) is 28.1 Å². The molecule has 3 rings (SSSR count). The molecule has 0 amide bonds. The molecule has 0 heterocycles. The highest BCUT2D eigenvalue weighted by atomic mass is 16.3. The summed E-state index contributed by atoms with van der Waals surface area (Å²) < 4.78 is 0. The second-order valence-electron chi connectivity index (χ2n) is 14.3. The highest BCUT2D eigenvalue weighted by Gasteiger charge is 2.74. The van der Waals surface area contributed by atoms with E-state index in [4.69, 9.17) is 0 Å². The Balaban J connectivity index is 2.47. The summed E-state index contributed by atoms with van der Waals surface area (Å²) in [6.07, 6.45) is 7.79. The summed E-state index contributed by atoms with van der Waals surface area (Å²) in [5, 5.41) is 31.7. The smallest absolute Gasteiger partial charge is 0.184 e. The van der Waals surface area contributed by atoms with Crippen LogP contribution in [0.15, 0.2) is 70.9 Å². The SMILES string of the molecule is C=C(C)[C@@H](CC=C(C)C)CC12C[C@@H](CC=C(C)C)C(C)(C)C(CC=C(C)C)(C(=O)C(=C(O)c3ccc(O)c(O)c3)C1=O)C2=O. The molecule has 6 heteroatoms. The van der Waals surface area contributed by atoms with E-state index in [2.05, 4.69) is 18.7 Å². The van der Waals surface area contributed by atoms with Gasteiger partial charge in [0.15, 0.2) is 28.8 Å². The number of aliphatic hydroxyl groups is 1. The van der Waals surface area contributed by atoms with E-state index in [1.165, 1.54) is 12.1 Å². The Kier molecular flexibility index (Phi) is 10.1. The molecule has 238 valence electrons. The number of ketones is 3. The number of aromatic hydroxyl groups is 2. The fourth-order valence-electron chi connectivity index (χ4n) is 7.08. The lowest BCUT2D eigenvalue weighted by molar-refractivity contribution is -0.177. The zero-order valence-electron chi connectivity index (χ0n) is 27.9. The molecule has 1 aromatic carbocycles. The third kappa shape index (κ3) is 6.00. The minimum atomic E-state index is -1.62. The largest absolute Gasteiger partial charge is 0.506 e. The Hall–Kier alpha value is -3.67. The average Bonchev–Trinajstić information content (AvgIpc) is 2.91. The number of hydrogen-bond acceptors (Lipinski definition) is 6. The molecule has 4 atom stereocenters. The van der Waals surface area contributed by atoms with E-state index in [9.17, 15) is 24.9 Å². The third-order valence-electron chi connectivity index (χ3n) is 10.0. The minimum absolute atomic E-state index is 0.0110. The van der Waals surface area contributed by atoms with Crippen LogP contribution in [-0.4, -0.2) is 32.7 Å². The molecule has 0 aliphatic heterocycles. The quantitative estimate of drug-likeness (QED) is 0.0616. The van der Waals surface area contributed by atoms with Crippen molar-refractivity contribution in [1.82, 2.24) is 0 Å². The predicted octanol–water partition coefficient (Wildman–Crippen LogP) is 8.76. The van der Waals surface area contributed by atoms with E-state index in [1.807, 2.05) is 68.4 Å². The number of phenols is 2. The first-order valence-corrected chi connectivity index (χ1v) is 15.5. The van der Waals surface area contributed by atoms with Crippen LogP contribution < -0.4 is 0 Å². The van der Waals surface area contributed by atoms with E-state index < -0.39 is 50.6 Å². The van der Waals surface area contributed by atoms with E-state index in [0.717, 1.165) is 28.4 Å². The summed E-state index contributed by atoms with van der Waals surface area (Å²) in [7, 11) is 0. The third-order valence-corrected chi connectivity index (χ3v) is 10.0. The van der Waals surface area contributed by atoms with Gasteiger partial charge in [0.05, 0.1) is 5.41 Å². The van der Waals surface area contributed by atoms with Gasteiger partial charge in [0.2, 0.25) is 0 Å².